The smallest absolute Gasteiger partial charge is 0.416 e. The lowest BCUT2D eigenvalue weighted by Gasteiger charge is -2.28. The number of fused-ring (bicyclic) bond motifs is 1. The van der Waals surface area contributed by atoms with E-state index in [-0.39, 0.29) is 24.4 Å². The quantitative estimate of drug-likeness (QED) is 0.442. The van der Waals surface area contributed by atoms with E-state index in [4.69, 9.17) is 4.74 Å². The molecule has 0 saturated carbocycles. The van der Waals surface area contributed by atoms with E-state index >= 15 is 0 Å². The molecule has 194 valence electrons. The van der Waals surface area contributed by atoms with Crippen LogP contribution >= 0.6 is 0 Å². The van der Waals surface area contributed by atoms with Gasteiger partial charge >= 0.3 is 6.18 Å². The summed E-state index contributed by atoms with van der Waals surface area (Å²) in [6.07, 6.45) is -1.77. The van der Waals surface area contributed by atoms with Crippen LogP contribution < -0.4 is 20.7 Å². The molecule has 0 atom stereocenters. The van der Waals surface area contributed by atoms with Crippen LogP contribution in [0.3, 0.4) is 0 Å². The fourth-order valence-electron chi connectivity index (χ4n) is 4.59. The monoisotopic (exact) mass is 511 g/mol. The number of carbonyl (C=O) groups excluding carboxylic acids is 1. The van der Waals surface area contributed by atoms with Crippen molar-refractivity contribution in [3.05, 3.63) is 71.4 Å². The van der Waals surface area contributed by atoms with Crippen molar-refractivity contribution in [1.29, 1.82) is 0 Å². The van der Waals surface area contributed by atoms with E-state index in [1.165, 1.54) is 17.7 Å². The molecular formula is C27H28F3N5O2. The van der Waals surface area contributed by atoms with Crippen LogP contribution in [0.15, 0.2) is 54.7 Å². The number of rotatable bonds is 7. The summed E-state index contributed by atoms with van der Waals surface area (Å²) >= 11 is 0. The van der Waals surface area contributed by atoms with Crippen molar-refractivity contribution < 1.29 is 22.7 Å². The molecule has 0 bridgehead atoms. The van der Waals surface area contributed by atoms with Crippen LogP contribution in [0.4, 0.5) is 24.7 Å². The summed E-state index contributed by atoms with van der Waals surface area (Å²) in [6, 6.07) is 13.3. The summed E-state index contributed by atoms with van der Waals surface area (Å²) in [6.45, 7) is 3.66. The summed E-state index contributed by atoms with van der Waals surface area (Å²) < 4.78 is 46.8. The third-order valence-corrected chi connectivity index (χ3v) is 6.51. The summed E-state index contributed by atoms with van der Waals surface area (Å²) in [7, 11) is 0. The molecule has 2 aliphatic heterocycles. The van der Waals surface area contributed by atoms with E-state index < -0.39 is 17.6 Å². The van der Waals surface area contributed by atoms with Crippen LogP contribution in [0.25, 0.3) is 11.1 Å². The summed E-state index contributed by atoms with van der Waals surface area (Å²) in [5.74, 6) is 0.866. The highest BCUT2D eigenvalue weighted by atomic mass is 19.4. The van der Waals surface area contributed by atoms with Gasteiger partial charge in [-0.25, -0.2) is 4.98 Å². The number of benzene rings is 2. The number of alkyl halides is 3. The highest BCUT2D eigenvalue weighted by Crippen LogP contribution is 2.34. The Bertz CT molecular complexity index is 1260. The number of aromatic nitrogens is 1. The van der Waals surface area contributed by atoms with Gasteiger partial charge in [-0.05, 0) is 53.4 Å². The van der Waals surface area contributed by atoms with Crippen LogP contribution in [-0.4, -0.2) is 55.1 Å². The van der Waals surface area contributed by atoms with Gasteiger partial charge in [0.05, 0.1) is 5.56 Å². The Kier molecular flexibility index (Phi) is 7.29. The summed E-state index contributed by atoms with van der Waals surface area (Å²) in [5.41, 5.74) is 2.68. The zero-order valence-corrected chi connectivity index (χ0v) is 20.2. The molecule has 3 aromatic rings. The van der Waals surface area contributed by atoms with Crippen molar-refractivity contribution in [2.45, 2.75) is 19.1 Å². The largest absolute Gasteiger partial charge is 0.484 e. The maximum absolute atomic E-state index is 13.7. The third-order valence-electron chi connectivity index (χ3n) is 6.51. The Morgan fingerprint density at radius 3 is 2.57 bits per heavy atom. The predicted molar refractivity (Wildman–Crippen MR) is 136 cm³/mol. The zero-order chi connectivity index (χ0) is 25.8. The molecule has 2 aliphatic rings. The molecule has 3 N–H and O–H groups in total. The number of nitrogens with zero attached hydrogens (tertiary/aromatic N) is 2. The van der Waals surface area contributed by atoms with Crippen LogP contribution in [0, 0.1) is 0 Å². The van der Waals surface area contributed by atoms with Gasteiger partial charge in [-0.15, -0.1) is 0 Å². The highest BCUT2D eigenvalue weighted by molar-refractivity contribution is 5.92. The summed E-state index contributed by atoms with van der Waals surface area (Å²) in [5, 5.41) is 8.94. The van der Waals surface area contributed by atoms with Gasteiger partial charge < -0.3 is 20.7 Å². The fourth-order valence-corrected chi connectivity index (χ4v) is 4.59. The van der Waals surface area contributed by atoms with Crippen LogP contribution in [-0.2, 0) is 23.9 Å². The molecule has 1 amide bonds. The number of ether oxygens (including phenoxy) is 1. The van der Waals surface area contributed by atoms with E-state index in [1.807, 2.05) is 23.2 Å². The zero-order valence-electron chi connectivity index (χ0n) is 20.2. The van der Waals surface area contributed by atoms with Crippen molar-refractivity contribution in [3.63, 3.8) is 0 Å². The number of nitrogens with one attached hydrogen (secondary N) is 3. The molecule has 1 aromatic heterocycles. The molecule has 0 radical (unpaired) electrons. The lowest BCUT2D eigenvalue weighted by Crippen LogP contribution is -2.43. The van der Waals surface area contributed by atoms with E-state index in [0.717, 1.165) is 49.1 Å². The van der Waals surface area contributed by atoms with Gasteiger partial charge in [0.2, 0.25) is 0 Å². The first-order chi connectivity index (χ1) is 17.8. The first kappa shape index (κ1) is 25.0. The number of anilines is 2. The molecule has 1 saturated heterocycles. The third kappa shape index (κ3) is 6.20. The molecule has 5 rings (SSSR count). The number of piperazine rings is 1. The number of halogens is 3. The second-order valence-corrected chi connectivity index (χ2v) is 9.17. The predicted octanol–water partition coefficient (Wildman–Crippen LogP) is 4.16. The second-order valence-electron chi connectivity index (χ2n) is 9.17. The number of carbonyl (C=O) groups is 1. The van der Waals surface area contributed by atoms with Crippen molar-refractivity contribution >= 4 is 17.4 Å². The SMILES string of the molecule is O=C(COc1ccc(-c2cnc3c(c2)CCN3)cc1)Nc1ccc(CN2CCNCC2)c(C(F)(F)F)c1. The molecule has 0 spiro atoms. The average molecular weight is 512 g/mol. The van der Waals surface area contributed by atoms with E-state index in [9.17, 15) is 18.0 Å². The number of amides is 1. The molecule has 10 heteroatoms. The Hall–Kier alpha value is -3.63. The fraction of sp³-hybridized carbons (Fsp3) is 0.333. The van der Waals surface area contributed by atoms with Gasteiger partial charge in [0.15, 0.2) is 6.61 Å². The summed E-state index contributed by atoms with van der Waals surface area (Å²) in [4.78, 5) is 18.8. The normalized spacial score (nSPS) is 15.6. The molecule has 0 aliphatic carbocycles. The molecule has 37 heavy (non-hydrogen) atoms. The molecule has 0 unspecified atom stereocenters. The number of pyridine rings is 1. The Morgan fingerprint density at radius 1 is 1.03 bits per heavy atom. The molecule has 7 nitrogen and oxygen atoms in total. The maximum Gasteiger partial charge on any atom is 0.416 e. The molecular weight excluding hydrogens is 483 g/mol. The van der Waals surface area contributed by atoms with Gasteiger partial charge in [-0.1, -0.05) is 18.2 Å². The molecule has 3 heterocycles. The van der Waals surface area contributed by atoms with Crippen molar-refractivity contribution in [1.82, 2.24) is 15.2 Å². The standard InChI is InChI=1S/C27H28F3N5O2/c28-27(29,30)24-14-22(4-1-20(24)16-35-11-9-31-10-12-35)34-25(36)17-37-23-5-2-18(3-6-23)21-13-19-7-8-32-26(19)33-15-21/h1-6,13-15,31H,7-12,16-17H2,(H,32,33)(H,34,36). The molecule has 1 fully saturated rings. The van der Waals surface area contributed by atoms with Gasteiger partial charge in [0.25, 0.3) is 5.91 Å². The number of hydrogen-bond donors (Lipinski definition) is 3. The lowest BCUT2D eigenvalue weighted by molar-refractivity contribution is -0.138. The van der Waals surface area contributed by atoms with Crippen LogP contribution in [0.1, 0.15) is 16.7 Å². The first-order valence-corrected chi connectivity index (χ1v) is 12.2. The van der Waals surface area contributed by atoms with Crippen molar-refractivity contribution in [3.8, 4) is 16.9 Å². The lowest BCUT2D eigenvalue weighted by atomic mass is 10.0. The average Bonchev–Trinajstić information content (AvgIpc) is 3.37. The molecule has 2 aromatic carbocycles. The Labute approximate surface area is 213 Å². The van der Waals surface area contributed by atoms with E-state index in [2.05, 4.69) is 27.0 Å². The minimum atomic E-state index is -4.52. The first-order valence-electron chi connectivity index (χ1n) is 12.2. The van der Waals surface area contributed by atoms with Crippen LogP contribution in [0.2, 0.25) is 0 Å². The van der Waals surface area contributed by atoms with Gasteiger partial charge in [0, 0.05) is 56.7 Å². The van der Waals surface area contributed by atoms with Gasteiger partial charge in [-0.2, -0.15) is 13.2 Å². The van der Waals surface area contributed by atoms with Crippen molar-refractivity contribution in [2.24, 2.45) is 0 Å². The van der Waals surface area contributed by atoms with E-state index in [1.54, 1.807) is 12.1 Å². The topological polar surface area (TPSA) is 78.5 Å². The van der Waals surface area contributed by atoms with Crippen molar-refractivity contribution in [2.75, 3.05) is 50.0 Å². The Morgan fingerprint density at radius 2 is 1.81 bits per heavy atom. The maximum atomic E-state index is 13.7. The Balaban J connectivity index is 1.19. The minimum Gasteiger partial charge on any atom is -0.484 e. The van der Waals surface area contributed by atoms with Gasteiger partial charge in [-0.3, -0.25) is 9.69 Å². The van der Waals surface area contributed by atoms with E-state index in [0.29, 0.717) is 18.8 Å². The number of hydrogen-bond acceptors (Lipinski definition) is 6. The highest BCUT2D eigenvalue weighted by Gasteiger charge is 2.34. The van der Waals surface area contributed by atoms with Gasteiger partial charge in [0.1, 0.15) is 11.6 Å². The second kappa shape index (κ2) is 10.8. The minimum absolute atomic E-state index is 0.0823. The van der Waals surface area contributed by atoms with Crippen LogP contribution in [0.5, 0.6) is 5.75 Å².